The maximum Gasteiger partial charge on any atom is 0.123 e. The fourth-order valence-corrected chi connectivity index (χ4v) is 3.42. The van der Waals surface area contributed by atoms with Gasteiger partial charge in [-0.25, -0.2) is 4.39 Å². The van der Waals surface area contributed by atoms with Gasteiger partial charge in [-0.2, -0.15) is 0 Å². The average Bonchev–Trinajstić information content (AvgIpc) is 2.61. The van der Waals surface area contributed by atoms with Gasteiger partial charge in [-0.3, -0.25) is 0 Å². The fourth-order valence-electron chi connectivity index (χ4n) is 2.91. The number of anilines is 1. The molecule has 0 aliphatic heterocycles. The SMILES string of the molecule is CCCN(CCCc1ccc(F)cc1)CC(O)c1cc(Cl)c(N)c(Cl)c1.Cl. The zero-order valence-electron chi connectivity index (χ0n) is 15.3. The van der Waals surface area contributed by atoms with E-state index in [-0.39, 0.29) is 18.2 Å². The maximum absolute atomic E-state index is 13.0. The summed E-state index contributed by atoms with van der Waals surface area (Å²) in [6, 6.07) is 9.92. The van der Waals surface area contributed by atoms with Crippen molar-refractivity contribution in [1.82, 2.24) is 4.90 Å². The van der Waals surface area contributed by atoms with E-state index < -0.39 is 6.10 Å². The van der Waals surface area contributed by atoms with Crippen molar-refractivity contribution in [3.8, 4) is 0 Å². The summed E-state index contributed by atoms with van der Waals surface area (Å²) in [7, 11) is 0. The predicted molar refractivity (Wildman–Crippen MR) is 115 cm³/mol. The molecule has 3 nitrogen and oxygen atoms in total. The van der Waals surface area contributed by atoms with E-state index >= 15 is 0 Å². The van der Waals surface area contributed by atoms with Crippen molar-refractivity contribution in [2.24, 2.45) is 0 Å². The minimum atomic E-state index is -0.692. The lowest BCUT2D eigenvalue weighted by molar-refractivity contribution is 0.112. The van der Waals surface area contributed by atoms with E-state index in [1.807, 2.05) is 12.1 Å². The molecule has 0 fully saturated rings. The van der Waals surface area contributed by atoms with E-state index in [2.05, 4.69) is 11.8 Å². The molecule has 0 amide bonds. The number of aryl methyl sites for hydroxylation is 1. The first kappa shape index (κ1) is 24.0. The summed E-state index contributed by atoms with van der Waals surface area (Å²) >= 11 is 12.1. The number of halogens is 4. The van der Waals surface area contributed by atoms with Gasteiger partial charge in [-0.15, -0.1) is 12.4 Å². The van der Waals surface area contributed by atoms with Crippen LogP contribution in [0.2, 0.25) is 10.0 Å². The first-order chi connectivity index (χ1) is 12.4. The molecular formula is C20H26Cl3FN2O. The van der Waals surface area contributed by atoms with Crippen LogP contribution in [0.1, 0.15) is 37.0 Å². The van der Waals surface area contributed by atoms with Crippen LogP contribution in [0.5, 0.6) is 0 Å². The number of aliphatic hydroxyl groups excluding tert-OH is 1. The lowest BCUT2D eigenvalue weighted by Gasteiger charge is -2.25. The van der Waals surface area contributed by atoms with E-state index in [4.69, 9.17) is 28.9 Å². The Morgan fingerprint density at radius 2 is 1.70 bits per heavy atom. The molecule has 0 aromatic heterocycles. The molecule has 0 saturated carbocycles. The highest BCUT2D eigenvalue weighted by atomic mass is 35.5. The van der Waals surface area contributed by atoms with Gasteiger partial charge in [-0.1, -0.05) is 42.3 Å². The molecular weight excluding hydrogens is 410 g/mol. The van der Waals surface area contributed by atoms with Gasteiger partial charge < -0.3 is 15.7 Å². The molecule has 3 N–H and O–H groups in total. The van der Waals surface area contributed by atoms with Crippen LogP contribution in [-0.2, 0) is 6.42 Å². The van der Waals surface area contributed by atoms with Gasteiger partial charge in [0.05, 0.1) is 21.8 Å². The van der Waals surface area contributed by atoms with Crippen molar-refractivity contribution in [2.45, 2.75) is 32.3 Å². The summed E-state index contributed by atoms with van der Waals surface area (Å²) in [5, 5.41) is 11.3. The number of nitrogens with zero attached hydrogens (tertiary/aromatic N) is 1. The minimum absolute atomic E-state index is 0. The molecule has 0 heterocycles. The van der Waals surface area contributed by atoms with Crippen molar-refractivity contribution in [1.29, 1.82) is 0 Å². The van der Waals surface area contributed by atoms with Crippen LogP contribution >= 0.6 is 35.6 Å². The van der Waals surface area contributed by atoms with Crippen molar-refractivity contribution in [3.63, 3.8) is 0 Å². The highest BCUT2D eigenvalue weighted by molar-refractivity contribution is 6.38. The standard InChI is InChI=1S/C20H25Cl2FN2O.ClH/c1-2-9-25(10-3-4-14-5-7-16(23)8-6-14)13-19(26)15-11-17(21)20(24)18(22)12-15;/h5-8,11-12,19,26H,2-4,9-10,13,24H2,1H3;1H. The van der Waals surface area contributed by atoms with Crippen molar-refractivity contribution in [2.75, 3.05) is 25.4 Å². The highest BCUT2D eigenvalue weighted by Gasteiger charge is 2.16. The van der Waals surface area contributed by atoms with Crippen LogP contribution in [0.25, 0.3) is 0 Å². The maximum atomic E-state index is 13.0. The third kappa shape index (κ3) is 7.47. The first-order valence-electron chi connectivity index (χ1n) is 8.80. The Morgan fingerprint density at radius 3 is 2.26 bits per heavy atom. The van der Waals surface area contributed by atoms with Gasteiger partial charge in [0, 0.05) is 6.54 Å². The number of nitrogens with two attached hydrogens (primary N) is 1. The fraction of sp³-hybridized carbons (Fsp3) is 0.400. The number of hydrogen-bond donors (Lipinski definition) is 2. The Hall–Kier alpha value is -1.04. The van der Waals surface area contributed by atoms with Gasteiger partial charge in [0.2, 0.25) is 0 Å². The third-order valence-electron chi connectivity index (χ3n) is 4.31. The van der Waals surface area contributed by atoms with Gasteiger partial charge >= 0.3 is 0 Å². The summed E-state index contributed by atoms with van der Waals surface area (Å²) in [4.78, 5) is 2.21. The molecule has 0 aliphatic carbocycles. The summed E-state index contributed by atoms with van der Waals surface area (Å²) in [6.07, 6.45) is 2.10. The lowest BCUT2D eigenvalue weighted by atomic mass is 10.1. The Bertz CT molecular complexity index is 690. The topological polar surface area (TPSA) is 49.5 Å². The molecule has 150 valence electrons. The summed E-state index contributed by atoms with van der Waals surface area (Å²) in [5.41, 5.74) is 7.85. The molecule has 7 heteroatoms. The number of nitrogen functional groups attached to an aromatic ring is 1. The van der Waals surface area contributed by atoms with Gasteiger partial charge in [-0.05, 0) is 67.7 Å². The monoisotopic (exact) mass is 434 g/mol. The minimum Gasteiger partial charge on any atom is -0.396 e. The zero-order valence-corrected chi connectivity index (χ0v) is 17.6. The van der Waals surface area contributed by atoms with Gasteiger partial charge in [0.15, 0.2) is 0 Å². The van der Waals surface area contributed by atoms with E-state index in [0.29, 0.717) is 27.8 Å². The first-order valence-corrected chi connectivity index (χ1v) is 9.55. The van der Waals surface area contributed by atoms with Crippen LogP contribution in [0.4, 0.5) is 10.1 Å². The normalized spacial score (nSPS) is 12.1. The molecule has 2 aromatic rings. The number of benzene rings is 2. The van der Waals surface area contributed by atoms with Crippen molar-refractivity contribution >= 4 is 41.3 Å². The second-order valence-electron chi connectivity index (χ2n) is 6.44. The second kappa shape index (κ2) is 11.7. The quantitative estimate of drug-likeness (QED) is 0.510. The molecule has 0 radical (unpaired) electrons. The van der Waals surface area contributed by atoms with Crippen LogP contribution in [-0.4, -0.2) is 29.6 Å². The predicted octanol–water partition coefficient (Wildman–Crippen LogP) is 5.51. The van der Waals surface area contributed by atoms with E-state index in [9.17, 15) is 9.50 Å². The average molecular weight is 436 g/mol. The highest BCUT2D eigenvalue weighted by Crippen LogP contribution is 2.31. The van der Waals surface area contributed by atoms with Gasteiger partial charge in [0.1, 0.15) is 5.82 Å². The van der Waals surface area contributed by atoms with Crippen LogP contribution in [0, 0.1) is 5.82 Å². The van der Waals surface area contributed by atoms with E-state index in [1.54, 1.807) is 12.1 Å². The molecule has 2 aromatic carbocycles. The molecule has 0 aliphatic rings. The lowest BCUT2D eigenvalue weighted by Crippen LogP contribution is -2.30. The largest absolute Gasteiger partial charge is 0.396 e. The Morgan fingerprint density at radius 1 is 1.11 bits per heavy atom. The molecule has 0 saturated heterocycles. The van der Waals surface area contributed by atoms with Crippen LogP contribution in [0.3, 0.4) is 0 Å². The molecule has 2 rings (SSSR count). The Labute approximate surface area is 176 Å². The molecule has 0 bridgehead atoms. The van der Waals surface area contributed by atoms with Gasteiger partial charge in [0.25, 0.3) is 0 Å². The summed E-state index contributed by atoms with van der Waals surface area (Å²) in [5.74, 6) is -0.217. The molecule has 1 atom stereocenters. The van der Waals surface area contributed by atoms with Crippen molar-refractivity contribution < 1.29 is 9.50 Å². The zero-order chi connectivity index (χ0) is 19.1. The smallest absolute Gasteiger partial charge is 0.123 e. The number of rotatable bonds is 9. The molecule has 0 spiro atoms. The summed E-state index contributed by atoms with van der Waals surface area (Å²) < 4.78 is 13.0. The second-order valence-corrected chi connectivity index (χ2v) is 7.26. The molecule has 1 unspecified atom stereocenters. The van der Waals surface area contributed by atoms with E-state index in [0.717, 1.165) is 37.9 Å². The summed E-state index contributed by atoms with van der Waals surface area (Å²) in [6.45, 7) is 4.33. The van der Waals surface area contributed by atoms with Crippen molar-refractivity contribution in [3.05, 3.63) is 63.4 Å². The third-order valence-corrected chi connectivity index (χ3v) is 4.94. The van der Waals surface area contributed by atoms with E-state index in [1.165, 1.54) is 12.1 Å². The van der Waals surface area contributed by atoms with Crippen LogP contribution in [0.15, 0.2) is 36.4 Å². The van der Waals surface area contributed by atoms with Crippen LogP contribution < -0.4 is 5.73 Å². The number of hydrogen-bond acceptors (Lipinski definition) is 3. The Balaban J connectivity index is 0.00000364. The number of aliphatic hydroxyl groups is 1. The Kier molecular flexibility index (Phi) is 10.4. The molecule has 27 heavy (non-hydrogen) atoms.